The van der Waals surface area contributed by atoms with Crippen LogP contribution in [0, 0.1) is 0 Å². The van der Waals surface area contributed by atoms with Crippen molar-refractivity contribution < 1.29 is 14.3 Å². The van der Waals surface area contributed by atoms with E-state index < -0.39 is 5.97 Å². The lowest BCUT2D eigenvalue weighted by molar-refractivity contribution is -0.114. The van der Waals surface area contributed by atoms with Gasteiger partial charge in [0.05, 0.1) is 17.3 Å². The number of hydrogen-bond acceptors (Lipinski definition) is 4. The molecule has 22 heavy (non-hydrogen) atoms. The van der Waals surface area contributed by atoms with Crippen molar-refractivity contribution in [3.05, 3.63) is 54.2 Å². The zero-order chi connectivity index (χ0) is 15.5. The molecule has 0 saturated carbocycles. The monoisotopic (exact) mass is 295 g/mol. The second-order valence-electron chi connectivity index (χ2n) is 4.73. The Bertz CT molecular complexity index is 837. The molecule has 6 nitrogen and oxygen atoms in total. The summed E-state index contributed by atoms with van der Waals surface area (Å²) in [7, 11) is 0. The maximum Gasteiger partial charge on any atom is 0.345 e. The van der Waals surface area contributed by atoms with E-state index in [1.165, 1.54) is 6.92 Å². The average molecular weight is 295 g/mol. The summed E-state index contributed by atoms with van der Waals surface area (Å²) in [5.41, 5.74) is 1.70. The van der Waals surface area contributed by atoms with Gasteiger partial charge in [0.25, 0.3) is 0 Å². The molecule has 0 fully saturated rings. The second-order valence-corrected chi connectivity index (χ2v) is 4.73. The predicted octanol–water partition coefficient (Wildman–Crippen LogP) is 2.74. The number of carbonyl (C=O) groups is 2. The summed E-state index contributed by atoms with van der Waals surface area (Å²) in [4.78, 5) is 23.2. The number of nitrogens with zero attached hydrogens (tertiary/aromatic N) is 1. The maximum atomic E-state index is 12.2. The molecule has 0 radical (unpaired) electrons. The standard InChI is InChI=1S/C16H13N3O3/c1-10(20)18-12-5-7-13(8-6-12)22-16(21)14-4-2-3-11-9-17-19-15(11)14/h2-9H,1H3,(H,17,19)(H,18,20). The van der Waals surface area contributed by atoms with E-state index in [1.807, 2.05) is 6.07 Å². The van der Waals surface area contributed by atoms with Gasteiger partial charge in [-0.1, -0.05) is 12.1 Å². The molecule has 0 saturated heterocycles. The lowest BCUT2D eigenvalue weighted by Crippen LogP contribution is -2.09. The van der Waals surface area contributed by atoms with Gasteiger partial charge in [0.15, 0.2) is 0 Å². The number of esters is 1. The number of hydrogen-bond donors (Lipinski definition) is 2. The van der Waals surface area contributed by atoms with Crippen molar-refractivity contribution in [1.82, 2.24) is 10.2 Å². The van der Waals surface area contributed by atoms with Gasteiger partial charge in [0.1, 0.15) is 5.75 Å². The summed E-state index contributed by atoms with van der Waals surface area (Å²) in [6.07, 6.45) is 1.65. The minimum absolute atomic E-state index is 0.157. The Morgan fingerprint density at radius 3 is 2.64 bits per heavy atom. The van der Waals surface area contributed by atoms with E-state index >= 15 is 0 Å². The van der Waals surface area contributed by atoms with Crippen LogP contribution in [-0.4, -0.2) is 22.1 Å². The summed E-state index contributed by atoms with van der Waals surface area (Å²) in [5, 5.41) is 10.2. The van der Waals surface area contributed by atoms with Gasteiger partial charge in [0.2, 0.25) is 5.91 Å². The molecule has 110 valence electrons. The second kappa shape index (κ2) is 5.69. The molecule has 0 aliphatic heterocycles. The fraction of sp³-hybridized carbons (Fsp3) is 0.0625. The first-order valence-electron chi connectivity index (χ1n) is 6.65. The molecule has 0 unspecified atom stereocenters. The number of carbonyl (C=O) groups excluding carboxylic acids is 2. The fourth-order valence-electron chi connectivity index (χ4n) is 2.11. The van der Waals surface area contributed by atoms with Crippen LogP contribution in [0.3, 0.4) is 0 Å². The van der Waals surface area contributed by atoms with Crippen molar-refractivity contribution in [3.63, 3.8) is 0 Å². The minimum atomic E-state index is -0.470. The zero-order valence-corrected chi connectivity index (χ0v) is 11.8. The van der Waals surface area contributed by atoms with Gasteiger partial charge in [0, 0.05) is 18.0 Å². The van der Waals surface area contributed by atoms with Crippen LogP contribution in [0.1, 0.15) is 17.3 Å². The number of nitrogens with one attached hydrogen (secondary N) is 2. The molecule has 1 heterocycles. The number of para-hydroxylation sites is 1. The molecular formula is C16H13N3O3. The highest BCUT2D eigenvalue weighted by Crippen LogP contribution is 2.20. The van der Waals surface area contributed by atoms with Crippen LogP contribution < -0.4 is 10.1 Å². The smallest absolute Gasteiger partial charge is 0.345 e. The number of H-pyrrole nitrogens is 1. The van der Waals surface area contributed by atoms with Crippen LogP contribution >= 0.6 is 0 Å². The Morgan fingerprint density at radius 1 is 1.14 bits per heavy atom. The third kappa shape index (κ3) is 2.80. The zero-order valence-electron chi connectivity index (χ0n) is 11.8. The minimum Gasteiger partial charge on any atom is -0.423 e. The highest BCUT2D eigenvalue weighted by Gasteiger charge is 2.13. The number of rotatable bonds is 3. The highest BCUT2D eigenvalue weighted by atomic mass is 16.5. The summed E-state index contributed by atoms with van der Waals surface area (Å²) in [6, 6.07) is 11.9. The van der Waals surface area contributed by atoms with Crippen molar-refractivity contribution in [1.29, 1.82) is 0 Å². The van der Waals surface area contributed by atoms with Crippen molar-refractivity contribution in [3.8, 4) is 5.75 Å². The number of benzene rings is 2. The first-order valence-corrected chi connectivity index (χ1v) is 6.65. The number of fused-ring (bicyclic) bond motifs is 1. The third-order valence-electron chi connectivity index (χ3n) is 3.08. The normalized spacial score (nSPS) is 10.4. The summed E-state index contributed by atoms with van der Waals surface area (Å²) in [6.45, 7) is 1.43. The SMILES string of the molecule is CC(=O)Nc1ccc(OC(=O)c2cccc3cn[nH]c23)cc1. The van der Waals surface area contributed by atoms with Gasteiger partial charge in [-0.3, -0.25) is 9.89 Å². The van der Waals surface area contributed by atoms with Gasteiger partial charge in [-0.15, -0.1) is 0 Å². The first kappa shape index (κ1) is 13.8. The van der Waals surface area contributed by atoms with Crippen molar-refractivity contribution in [2.45, 2.75) is 6.92 Å². The molecule has 1 amide bonds. The fourth-order valence-corrected chi connectivity index (χ4v) is 2.11. The molecule has 2 aromatic carbocycles. The highest BCUT2D eigenvalue weighted by molar-refractivity contribution is 6.03. The average Bonchev–Trinajstić information content (AvgIpc) is 2.97. The Balaban J connectivity index is 1.79. The van der Waals surface area contributed by atoms with E-state index in [9.17, 15) is 9.59 Å². The van der Waals surface area contributed by atoms with Gasteiger partial charge in [-0.2, -0.15) is 5.10 Å². The number of amides is 1. The quantitative estimate of drug-likeness (QED) is 0.575. The van der Waals surface area contributed by atoms with Crippen LogP contribution in [-0.2, 0) is 4.79 Å². The number of anilines is 1. The van der Waals surface area contributed by atoms with E-state index in [-0.39, 0.29) is 5.91 Å². The number of aromatic amines is 1. The molecule has 3 aromatic rings. The molecule has 0 atom stereocenters. The van der Waals surface area contributed by atoms with Crippen molar-refractivity contribution in [2.75, 3.05) is 5.32 Å². The molecule has 0 aliphatic rings. The Hall–Kier alpha value is -3.15. The van der Waals surface area contributed by atoms with E-state index in [2.05, 4.69) is 15.5 Å². The van der Waals surface area contributed by atoms with Gasteiger partial charge in [-0.25, -0.2) is 4.79 Å². The van der Waals surface area contributed by atoms with E-state index in [0.29, 0.717) is 22.5 Å². The van der Waals surface area contributed by atoms with E-state index in [0.717, 1.165) is 5.39 Å². The lowest BCUT2D eigenvalue weighted by Gasteiger charge is -2.06. The summed E-state index contributed by atoms with van der Waals surface area (Å²) >= 11 is 0. The topological polar surface area (TPSA) is 84.1 Å². The Morgan fingerprint density at radius 2 is 1.91 bits per heavy atom. The van der Waals surface area contributed by atoms with Crippen LogP contribution in [0.4, 0.5) is 5.69 Å². The molecular weight excluding hydrogens is 282 g/mol. The Kier molecular flexibility index (Phi) is 3.57. The lowest BCUT2D eigenvalue weighted by atomic mass is 10.1. The van der Waals surface area contributed by atoms with Gasteiger partial charge in [-0.05, 0) is 30.3 Å². The molecule has 2 N–H and O–H groups in total. The summed E-state index contributed by atoms with van der Waals surface area (Å²) in [5.74, 6) is -0.228. The van der Waals surface area contributed by atoms with Crippen LogP contribution in [0.15, 0.2) is 48.7 Å². The van der Waals surface area contributed by atoms with E-state index in [4.69, 9.17) is 4.74 Å². The van der Waals surface area contributed by atoms with E-state index in [1.54, 1.807) is 42.6 Å². The summed E-state index contributed by atoms with van der Waals surface area (Å²) < 4.78 is 5.34. The van der Waals surface area contributed by atoms with Crippen LogP contribution in [0.25, 0.3) is 10.9 Å². The maximum absolute atomic E-state index is 12.2. The number of ether oxygens (including phenoxy) is 1. The van der Waals surface area contributed by atoms with Gasteiger partial charge < -0.3 is 10.1 Å². The largest absolute Gasteiger partial charge is 0.423 e. The molecule has 6 heteroatoms. The molecule has 0 bridgehead atoms. The Labute approximate surface area is 126 Å². The first-order chi connectivity index (χ1) is 10.6. The van der Waals surface area contributed by atoms with Crippen molar-refractivity contribution >= 4 is 28.5 Å². The number of aromatic nitrogens is 2. The van der Waals surface area contributed by atoms with Crippen LogP contribution in [0.5, 0.6) is 5.75 Å². The molecule has 3 rings (SSSR count). The van der Waals surface area contributed by atoms with Crippen LogP contribution in [0.2, 0.25) is 0 Å². The third-order valence-corrected chi connectivity index (χ3v) is 3.08. The molecule has 0 spiro atoms. The molecule has 0 aliphatic carbocycles. The predicted molar refractivity (Wildman–Crippen MR) is 81.8 cm³/mol. The van der Waals surface area contributed by atoms with Crippen molar-refractivity contribution in [2.24, 2.45) is 0 Å². The van der Waals surface area contributed by atoms with Gasteiger partial charge >= 0.3 is 5.97 Å². The molecule has 1 aromatic heterocycles.